The van der Waals surface area contributed by atoms with E-state index >= 15 is 0 Å². The van der Waals surface area contributed by atoms with E-state index in [1.807, 2.05) is 12.3 Å². The van der Waals surface area contributed by atoms with Crippen molar-refractivity contribution < 1.29 is 4.79 Å². The molecule has 2 aromatic heterocycles. The second-order valence-corrected chi connectivity index (χ2v) is 7.40. The SMILES string of the molecule is CCCCN=C(N)Nc1nc(-c2cc(C)c(CNC(C)=O)s2)cs1.Cl. The summed E-state index contributed by atoms with van der Waals surface area (Å²) in [6.45, 7) is 6.97. The second kappa shape index (κ2) is 10.4. The van der Waals surface area contributed by atoms with Crippen LogP contribution in [0.1, 0.15) is 37.1 Å². The number of rotatable bonds is 7. The van der Waals surface area contributed by atoms with Gasteiger partial charge in [-0.15, -0.1) is 35.1 Å². The molecule has 2 rings (SSSR count). The zero-order valence-corrected chi connectivity index (χ0v) is 17.0. The first-order valence-corrected chi connectivity index (χ1v) is 9.55. The first kappa shape index (κ1) is 21.4. The van der Waals surface area contributed by atoms with Crippen LogP contribution in [0.5, 0.6) is 0 Å². The normalized spacial score (nSPS) is 11.1. The van der Waals surface area contributed by atoms with Gasteiger partial charge in [-0.25, -0.2) is 4.98 Å². The average Bonchev–Trinajstić information content (AvgIpc) is 3.12. The maximum absolute atomic E-state index is 11.1. The van der Waals surface area contributed by atoms with Gasteiger partial charge < -0.3 is 16.4 Å². The lowest BCUT2D eigenvalue weighted by Gasteiger charge is -2.00. The van der Waals surface area contributed by atoms with Gasteiger partial charge in [0.2, 0.25) is 5.91 Å². The fourth-order valence-corrected chi connectivity index (χ4v) is 3.84. The topological polar surface area (TPSA) is 92.4 Å². The lowest BCUT2D eigenvalue weighted by Crippen LogP contribution is -2.22. The third kappa shape index (κ3) is 6.64. The van der Waals surface area contributed by atoms with Gasteiger partial charge in [0.1, 0.15) is 0 Å². The number of thiophene rings is 1. The fraction of sp³-hybridized carbons (Fsp3) is 0.438. The Bertz CT molecular complexity index is 726. The summed E-state index contributed by atoms with van der Waals surface area (Å²) in [5.41, 5.74) is 7.93. The Kier molecular flexibility index (Phi) is 8.88. The summed E-state index contributed by atoms with van der Waals surface area (Å²) in [7, 11) is 0. The van der Waals surface area contributed by atoms with E-state index in [0.717, 1.165) is 45.5 Å². The van der Waals surface area contributed by atoms with E-state index in [4.69, 9.17) is 5.73 Å². The quantitative estimate of drug-likeness (QED) is 0.374. The number of halogens is 1. The second-order valence-electron chi connectivity index (χ2n) is 5.41. The van der Waals surface area contributed by atoms with Crippen molar-refractivity contribution in [2.75, 3.05) is 11.9 Å². The third-order valence-corrected chi connectivity index (χ3v) is 5.32. The van der Waals surface area contributed by atoms with E-state index in [0.29, 0.717) is 12.5 Å². The van der Waals surface area contributed by atoms with Crippen molar-refractivity contribution in [2.24, 2.45) is 10.7 Å². The molecule has 138 valence electrons. The molecule has 25 heavy (non-hydrogen) atoms. The number of thiazole rings is 1. The minimum absolute atomic E-state index is 0. The number of aliphatic imine (C=N–C) groups is 1. The van der Waals surface area contributed by atoms with Gasteiger partial charge in [-0.3, -0.25) is 9.79 Å². The van der Waals surface area contributed by atoms with Gasteiger partial charge in [0, 0.05) is 23.7 Å². The predicted octanol–water partition coefficient (Wildman–Crippen LogP) is 3.76. The Morgan fingerprint density at radius 3 is 2.88 bits per heavy atom. The van der Waals surface area contributed by atoms with Crippen LogP contribution in [0.2, 0.25) is 0 Å². The van der Waals surface area contributed by atoms with Crippen LogP contribution in [-0.4, -0.2) is 23.4 Å². The highest BCUT2D eigenvalue weighted by Gasteiger charge is 2.11. The number of unbranched alkanes of at least 4 members (excludes halogenated alkanes) is 1. The zero-order chi connectivity index (χ0) is 17.5. The number of carbonyl (C=O) groups is 1. The molecule has 0 saturated heterocycles. The van der Waals surface area contributed by atoms with Crippen molar-refractivity contribution in [3.8, 4) is 10.6 Å². The maximum Gasteiger partial charge on any atom is 0.217 e. The summed E-state index contributed by atoms with van der Waals surface area (Å²) < 4.78 is 0. The Labute approximate surface area is 162 Å². The molecule has 4 N–H and O–H groups in total. The fourth-order valence-electron chi connectivity index (χ4n) is 1.98. The molecule has 6 nitrogen and oxygen atoms in total. The highest BCUT2D eigenvalue weighted by atomic mass is 35.5. The van der Waals surface area contributed by atoms with Crippen LogP contribution >= 0.6 is 35.1 Å². The molecule has 0 unspecified atom stereocenters. The van der Waals surface area contributed by atoms with Crippen molar-refractivity contribution in [3.05, 3.63) is 21.9 Å². The number of amides is 1. The minimum atomic E-state index is -0.0256. The summed E-state index contributed by atoms with van der Waals surface area (Å²) in [5, 5.41) is 8.60. The highest BCUT2D eigenvalue weighted by molar-refractivity contribution is 7.17. The number of aromatic nitrogens is 1. The molecule has 9 heteroatoms. The van der Waals surface area contributed by atoms with Crippen molar-refractivity contribution >= 4 is 52.1 Å². The molecule has 2 heterocycles. The number of aryl methyl sites for hydroxylation is 1. The lowest BCUT2D eigenvalue weighted by molar-refractivity contribution is -0.119. The Balaban J connectivity index is 0.00000312. The van der Waals surface area contributed by atoms with Crippen LogP contribution in [0.3, 0.4) is 0 Å². The molecular weight excluding hydrogens is 378 g/mol. The van der Waals surface area contributed by atoms with E-state index in [1.54, 1.807) is 11.3 Å². The van der Waals surface area contributed by atoms with Gasteiger partial charge in [0.15, 0.2) is 11.1 Å². The lowest BCUT2D eigenvalue weighted by atomic mass is 10.2. The smallest absolute Gasteiger partial charge is 0.217 e. The Morgan fingerprint density at radius 1 is 1.44 bits per heavy atom. The number of hydrogen-bond acceptors (Lipinski definition) is 5. The van der Waals surface area contributed by atoms with Gasteiger partial charge in [0.25, 0.3) is 0 Å². The van der Waals surface area contributed by atoms with Crippen molar-refractivity contribution in [1.29, 1.82) is 0 Å². The van der Waals surface area contributed by atoms with Gasteiger partial charge in [-0.05, 0) is 25.0 Å². The van der Waals surface area contributed by atoms with Crippen LogP contribution in [-0.2, 0) is 11.3 Å². The van der Waals surface area contributed by atoms with E-state index in [-0.39, 0.29) is 18.3 Å². The van der Waals surface area contributed by atoms with Gasteiger partial charge in [-0.1, -0.05) is 13.3 Å². The Morgan fingerprint density at radius 2 is 2.20 bits per heavy atom. The number of anilines is 1. The van der Waals surface area contributed by atoms with Crippen LogP contribution in [0.25, 0.3) is 10.6 Å². The molecule has 0 aromatic carbocycles. The number of hydrogen-bond donors (Lipinski definition) is 3. The summed E-state index contributed by atoms with van der Waals surface area (Å²) in [6.07, 6.45) is 2.12. The summed E-state index contributed by atoms with van der Waals surface area (Å²) >= 11 is 3.14. The first-order valence-electron chi connectivity index (χ1n) is 7.86. The number of guanidine groups is 1. The van der Waals surface area contributed by atoms with Crippen LogP contribution in [0.15, 0.2) is 16.4 Å². The van der Waals surface area contributed by atoms with Crippen molar-refractivity contribution in [3.63, 3.8) is 0 Å². The molecule has 0 radical (unpaired) electrons. The van der Waals surface area contributed by atoms with Gasteiger partial charge in [0.05, 0.1) is 17.1 Å². The molecule has 0 atom stereocenters. The predicted molar refractivity (Wildman–Crippen MR) is 110 cm³/mol. The van der Waals surface area contributed by atoms with Gasteiger partial charge >= 0.3 is 0 Å². The molecule has 2 aromatic rings. The number of nitrogens with zero attached hydrogens (tertiary/aromatic N) is 2. The van der Waals surface area contributed by atoms with E-state index in [2.05, 4.69) is 33.6 Å². The molecular formula is C16H24ClN5OS2. The minimum Gasteiger partial charge on any atom is -0.370 e. The van der Waals surface area contributed by atoms with E-state index < -0.39 is 0 Å². The van der Waals surface area contributed by atoms with Crippen LogP contribution in [0, 0.1) is 6.92 Å². The molecule has 0 fully saturated rings. The van der Waals surface area contributed by atoms with Crippen molar-refractivity contribution in [1.82, 2.24) is 10.3 Å². The Hall–Kier alpha value is -1.64. The molecule has 0 saturated carbocycles. The van der Waals surface area contributed by atoms with Crippen LogP contribution in [0.4, 0.5) is 5.13 Å². The molecule has 0 spiro atoms. The van der Waals surface area contributed by atoms with Gasteiger partial charge in [-0.2, -0.15) is 0 Å². The number of nitrogens with one attached hydrogen (secondary N) is 2. The molecule has 0 aliphatic carbocycles. The van der Waals surface area contributed by atoms with E-state index in [1.165, 1.54) is 18.3 Å². The number of nitrogens with two attached hydrogens (primary N) is 1. The molecule has 0 bridgehead atoms. The summed E-state index contributed by atoms with van der Waals surface area (Å²) in [5.74, 6) is 0.375. The first-order chi connectivity index (χ1) is 11.5. The third-order valence-electron chi connectivity index (χ3n) is 3.30. The van der Waals surface area contributed by atoms with Crippen molar-refractivity contribution in [2.45, 2.75) is 40.2 Å². The highest BCUT2D eigenvalue weighted by Crippen LogP contribution is 2.33. The summed E-state index contributed by atoms with van der Waals surface area (Å²) in [4.78, 5) is 22.1. The molecule has 0 aliphatic heterocycles. The largest absolute Gasteiger partial charge is 0.370 e. The molecule has 0 aliphatic rings. The summed E-state index contributed by atoms with van der Waals surface area (Å²) in [6, 6.07) is 2.10. The van der Waals surface area contributed by atoms with E-state index in [9.17, 15) is 4.79 Å². The average molecular weight is 402 g/mol. The monoisotopic (exact) mass is 401 g/mol. The molecule has 1 amide bonds. The maximum atomic E-state index is 11.1. The zero-order valence-electron chi connectivity index (χ0n) is 14.6. The van der Waals surface area contributed by atoms with Crippen LogP contribution < -0.4 is 16.4 Å². The standard InChI is InChI=1S/C16H23N5OS2.ClH/c1-4-5-6-18-15(17)21-16-20-12(9-23-16)13-7-10(2)14(24-13)8-19-11(3)22;/h7,9H,4-6,8H2,1-3H3,(H,19,22)(H3,17,18,20,21);1H. The number of carbonyl (C=O) groups excluding carboxylic acids is 1.